The quantitative estimate of drug-likeness (QED) is 0.555. The number of anilines is 2. The van der Waals surface area contributed by atoms with Crippen LogP contribution in [0.1, 0.15) is 45.2 Å². The second-order valence-corrected chi connectivity index (χ2v) is 10.3. The van der Waals surface area contributed by atoms with Crippen LogP contribution in [0.2, 0.25) is 0 Å². The first-order chi connectivity index (χ1) is 17.2. The lowest BCUT2D eigenvalue weighted by atomic mass is 9.99. The summed E-state index contributed by atoms with van der Waals surface area (Å²) in [6.45, 7) is 7.93. The third-order valence-electron chi connectivity index (χ3n) is 6.15. The number of benzene rings is 1. The van der Waals surface area contributed by atoms with Crippen molar-refractivity contribution in [3.05, 3.63) is 48.4 Å². The van der Waals surface area contributed by atoms with E-state index in [2.05, 4.69) is 25.7 Å². The molecule has 3 aromatic rings. The summed E-state index contributed by atoms with van der Waals surface area (Å²) in [5.74, 6) is 1.26. The van der Waals surface area contributed by atoms with Crippen LogP contribution in [0.5, 0.6) is 5.75 Å². The van der Waals surface area contributed by atoms with Crippen molar-refractivity contribution < 1.29 is 14.3 Å². The standard InChI is InChI=1S/C26H33N7O3/c1-26(2,3)36-19-15-33(16-19)25(34)31-22-6-5-11-35-23-12-17(7-8-20(22)23)21-9-10-27-24(30-21)29-18-13-28-32(4)14-18/h7-10,12-14,19,22H,5-6,11,15-16H2,1-4H3,(H,31,34)(H,27,29,30). The van der Waals surface area contributed by atoms with Crippen LogP contribution in [0.4, 0.5) is 16.4 Å². The summed E-state index contributed by atoms with van der Waals surface area (Å²) in [5, 5.41) is 10.5. The van der Waals surface area contributed by atoms with Crippen LogP contribution in [0, 0.1) is 0 Å². The third kappa shape index (κ3) is 5.59. The number of nitrogens with one attached hydrogen (secondary N) is 2. The molecule has 2 amide bonds. The third-order valence-corrected chi connectivity index (χ3v) is 6.15. The summed E-state index contributed by atoms with van der Waals surface area (Å²) in [5.41, 5.74) is 3.29. The fraction of sp³-hybridized carbons (Fsp3) is 0.462. The van der Waals surface area contributed by atoms with E-state index in [9.17, 15) is 4.79 Å². The van der Waals surface area contributed by atoms with Crippen LogP contribution < -0.4 is 15.4 Å². The molecule has 2 N–H and O–H groups in total. The van der Waals surface area contributed by atoms with Gasteiger partial charge in [-0.15, -0.1) is 0 Å². The molecule has 4 heterocycles. The van der Waals surface area contributed by atoms with Crippen LogP contribution in [-0.2, 0) is 11.8 Å². The zero-order valence-corrected chi connectivity index (χ0v) is 21.2. The van der Waals surface area contributed by atoms with Gasteiger partial charge in [0.15, 0.2) is 0 Å². The molecule has 5 rings (SSSR count). The lowest BCUT2D eigenvalue weighted by molar-refractivity contribution is -0.111. The van der Waals surface area contributed by atoms with Crippen molar-refractivity contribution in [3.8, 4) is 17.0 Å². The summed E-state index contributed by atoms with van der Waals surface area (Å²) < 4.78 is 13.7. The van der Waals surface area contributed by atoms with Crippen molar-refractivity contribution in [3.63, 3.8) is 0 Å². The highest BCUT2D eigenvalue weighted by Crippen LogP contribution is 2.35. The molecule has 0 bridgehead atoms. The van der Waals surface area contributed by atoms with Gasteiger partial charge in [-0.05, 0) is 45.7 Å². The number of aromatic nitrogens is 4. The van der Waals surface area contributed by atoms with Crippen molar-refractivity contribution in [1.29, 1.82) is 0 Å². The first-order valence-electron chi connectivity index (χ1n) is 12.3. The zero-order chi connectivity index (χ0) is 25.3. The summed E-state index contributed by atoms with van der Waals surface area (Å²) in [7, 11) is 1.86. The second kappa shape index (κ2) is 9.77. The van der Waals surface area contributed by atoms with Gasteiger partial charge >= 0.3 is 6.03 Å². The smallest absolute Gasteiger partial charge is 0.318 e. The number of nitrogens with zero attached hydrogens (tertiary/aromatic N) is 5. The molecule has 1 atom stereocenters. The topological polar surface area (TPSA) is 106 Å². The number of aryl methyl sites for hydroxylation is 1. The van der Waals surface area contributed by atoms with Gasteiger partial charge in [-0.2, -0.15) is 5.10 Å². The van der Waals surface area contributed by atoms with Gasteiger partial charge in [0.25, 0.3) is 0 Å². The number of ether oxygens (including phenoxy) is 2. The predicted octanol–water partition coefficient (Wildman–Crippen LogP) is 4.04. The molecule has 36 heavy (non-hydrogen) atoms. The van der Waals surface area contributed by atoms with Gasteiger partial charge in [0.1, 0.15) is 5.75 Å². The first kappa shape index (κ1) is 24.1. The Kier molecular flexibility index (Phi) is 6.53. The van der Waals surface area contributed by atoms with Gasteiger partial charge in [-0.1, -0.05) is 12.1 Å². The van der Waals surface area contributed by atoms with E-state index < -0.39 is 0 Å². The highest BCUT2D eigenvalue weighted by atomic mass is 16.5. The number of likely N-dealkylation sites (tertiary alicyclic amines) is 1. The number of urea groups is 1. The fourth-order valence-electron chi connectivity index (χ4n) is 4.49. The minimum atomic E-state index is -0.207. The van der Waals surface area contributed by atoms with Gasteiger partial charge in [0.2, 0.25) is 5.95 Å². The molecule has 1 fully saturated rings. The van der Waals surface area contributed by atoms with Crippen molar-refractivity contribution in [2.45, 2.75) is 51.4 Å². The van der Waals surface area contributed by atoms with Crippen LogP contribution in [0.3, 0.4) is 0 Å². The van der Waals surface area contributed by atoms with Gasteiger partial charge in [-0.3, -0.25) is 4.68 Å². The maximum Gasteiger partial charge on any atom is 0.318 e. The maximum atomic E-state index is 12.9. The molecule has 10 heteroatoms. The Hall–Kier alpha value is -3.66. The Balaban J connectivity index is 1.28. The average molecular weight is 492 g/mol. The zero-order valence-electron chi connectivity index (χ0n) is 21.2. The Labute approximate surface area is 211 Å². The SMILES string of the molecule is Cn1cc(Nc2nccc(-c3ccc4c(c3)OCCCC4NC(=O)N3CC(OC(C)(C)C)C3)n2)cn1. The summed E-state index contributed by atoms with van der Waals surface area (Å²) in [6, 6.07) is 7.73. The molecular weight excluding hydrogens is 458 g/mol. The molecule has 2 aromatic heterocycles. The van der Waals surface area contributed by atoms with E-state index in [-0.39, 0.29) is 23.8 Å². The second-order valence-electron chi connectivity index (χ2n) is 10.3. The Morgan fingerprint density at radius 2 is 2.06 bits per heavy atom. The fourth-order valence-corrected chi connectivity index (χ4v) is 4.49. The van der Waals surface area contributed by atoms with Crippen LogP contribution in [0.15, 0.2) is 42.9 Å². The van der Waals surface area contributed by atoms with Crippen LogP contribution >= 0.6 is 0 Å². The van der Waals surface area contributed by atoms with Gasteiger partial charge in [-0.25, -0.2) is 14.8 Å². The number of carbonyl (C=O) groups is 1. The monoisotopic (exact) mass is 491 g/mol. The molecular formula is C26H33N7O3. The van der Waals surface area contributed by atoms with Crippen molar-refractivity contribution in [1.82, 2.24) is 30.0 Å². The highest BCUT2D eigenvalue weighted by molar-refractivity contribution is 5.76. The molecule has 190 valence electrons. The average Bonchev–Trinajstić information content (AvgIpc) is 3.10. The van der Waals surface area contributed by atoms with Gasteiger partial charge in [0, 0.05) is 30.6 Å². The molecule has 10 nitrogen and oxygen atoms in total. The van der Waals surface area contributed by atoms with Crippen molar-refractivity contribution in [2.75, 3.05) is 25.0 Å². The molecule has 0 radical (unpaired) electrons. The number of fused-ring (bicyclic) bond motifs is 1. The largest absolute Gasteiger partial charge is 0.493 e. The van der Waals surface area contributed by atoms with Gasteiger partial charge in [0.05, 0.1) is 55.0 Å². The highest BCUT2D eigenvalue weighted by Gasteiger charge is 2.35. The van der Waals surface area contributed by atoms with Gasteiger partial charge < -0.3 is 25.0 Å². The number of amides is 2. The lowest BCUT2D eigenvalue weighted by Gasteiger charge is -2.42. The van der Waals surface area contributed by atoms with Crippen LogP contribution in [-0.4, -0.2) is 62.1 Å². The van der Waals surface area contributed by atoms with E-state index in [1.165, 1.54) is 0 Å². The summed E-state index contributed by atoms with van der Waals surface area (Å²) >= 11 is 0. The summed E-state index contributed by atoms with van der Waals surface area (Å²) in [6.07, 6.45) is 7.07. The minimum absolute atomic E-state index is 0.0624. The normalized spacial score (nSPS) is 18.0. The molecule has 0 saturated carbocycles. The molecule has 1 aromatic carbocycles. The Morgan fingerprint density at radius 1 is 1.22 bits per heavy atom. The minimum Gasteiger partial charge on any atom is -0.493 e. The summed E-state index contributed by atoms with van der Waals surface area (Å²) in [4.78, 5) is 23.7. The molecule has 2 aliphatic heterocycles. The van der Waals surface area contributed by atoms with E-state index in [0.717, 1.165) is 41.1 Å². The van der Waals surface area contributed by atoms with Crippen molar-refractivity contribution in [2.24, 2.45) is 7.05 Å². The van der Waals surface area contributed by atoms with Crippen molar-refractivity contribution >= 4 is 17.7 Å². The van der Waals surface area contributed by atoms with E-state index in [0.29, 0.717) is 25.6 Å². The number of carbonyl (C=O) groups excluding carboxylic acids is 1. The van der Waals surface area contributed by atoms with E-state index in [4.69, 9.17) is 9.47 Å². The Morgan fingerprint density at radius 3 is 2.81 bits per heavy atom. The van der Waals surface area contributed by atoms with Crippen LogP contribution in [0.25, 0.3) is 11.3 Å². The number of rotatable bonds is 5. The van der Waals surface area contributed by atoms with E-state index in [1.807, 2.05) is 58.3 Å². The predicted molar refractivity (Wildman–Crippen MR) is 136 cm³/mol. The first-order valence-corrected chi connectivity index (χ1v) is 12.3. The Bertz CT molecular complexity index is 1230. The number of hydrogen-bond acceptors (Lipinski definition) is 7. The maximum absolute atomic E-state index is 12.9. The van der Waals surface area contributed by atoms with E-state index >= 15 is 0 Å². The molecule has 1 saturated heterocycles. The molecule has 0 aliphatic carbocycles. The molecule has 1 unspecified atom stereocenters. The van der Waals surface area contributed by atoms with E-state index in [1.54, 1.807) is 22.0 Å². The lowest BCUT2D eigenvalue weighted by Crippen LogP contribution is -2.59. The molecule has 2 aliphatic rings. The number of hydrogen-bond donors (Lipinski definition) is 2. The molecule has 0 spiro atoms.